The predicted octanol–water partition coefficient (Wildman–Crippen LogP) is 5.42. The fourth-order valence-corrected chi connectivity index (χ4v) is 4.26. The standard InChI is InChI=1S/C22H37N3O3.C9H12/c1-5-11-25(12-6-2)22(28)18-14-16(4)13-17(15-18)21(27)24-19(7-3)20(26)9-8-10-23;1-3-9-6-4-5-8(2)7-9/h13-15,19-20,26H,5-12,23H2,1-4H3,(H,24,27);4-7H,3H2,1-2H3/t19-,20-;/m0./s1. The Balaban J connectivity index is 0.000000635. The average molecular weight is 512 g/mol. The van der Waals surface area contributed by atoms with Crippen molar-refractivity contribution in [2.24, 2.45) is 5.73 Å². The van der Waals surface area contributed by atoms with Crippen molar-refractivity contribution in [3.63, 3.8) is 0 Å². The molecule has 37 heavy (non-hydrogen) atoms. The highest BCUT2D eigenvalue weighted by molar-refractivity contribution is 6.00. The Morgan fingerprint density at radius 1 is 0.946 bits per heavy atom. The lowest BCUT2D eigenvalue weighted by Gasteiger charge is -2.24. The Labute approximate surface area is 224 Å². The van der Waals surface area contributed by atoms with E-state index in [2.05, 4.69) is 43.4 Å². The summed E-state index contributed by atoms with van der Waals surface area (Å²) in [5.41, 5.74) is 10.1. The molecule has 0 aliphatic carbocycles. The van der Waals surface area contributed by atoms with Gasteiger partial charge in [0, 0.05) is 24.2 Å². The molecule has 0 bridgehead atoms. The molecule has 0 saturated heterocycles. The Morgan fingerprint density at radius 3 is 2.11 bits per heavy atom. The first kappa shape index (κ1) is 32.3. The zero-order valence-electron chi connectivity index (χ0n) is 23.8. The monoisotopic (exact) mass is 511 g/mol. The van der Waals surface area contributed by atoms with Gasteiger partial charge in [-0.15, -0.1) is 0 Å². The minimum absolute atomic E-state index is 0.0449. The molecule has 0 unspecified atom stereocenters. The second-order valence-corrected chi connectivity index (χ2v) is 9.71. The number of amides is 2. The van der Waals surface area contributed by atoms with Gasteiger partial charge in [-0.3, -0.25) is 9.59 Å². The SMILES string of the molecule is CCCN(CCC)C(=O)c1cc(C)cc(C(=O)N[C@@H](CC)[C@@H](O)CCCN)c1.CCc1cccc(C)c1. The van der Waals surface area contributed by atoms with Gasteiger partial charge >= 0.3 is 0 Å². The van der Waals surface area contributed by atoms with E-state index in [1.807, 2.05) is 38.7 Å². The first-order valence-electron chi connectivity index (χ1n) is 13.9. The molecule has 2 rings (SSSR count). The molecule has 2 atom stereocenters. The maximum atomic E-state index is 12.9. The zero-order valence-corrected chi connectivity index (χ0v) is 23.8. The molecule has 4 N–H and O–H groups in total. The van der Waals surface area contributed by atoms with Crippen molar-refractivity contribution in [3.05, 3.63) is 70.3 Å². The number of carbonyl (C=O) groups is 2. The summed E-state index contributed by atoms with van der Waals surface area (Å²) < 4.78 is 0. The van der Waals surface area contributed by atoms with Crippen LogP contribution in [0.2, 0.25) is 0 Å². The summed E-state index contributed by atoms with van der Waals surface area (Å²) in [5, 5.41) is 13.2. The van der Waals surface area contributed by atoms with Gasteiger partial charge in [0.2, 0.25) is 0 Å². The fraction of sp³-hybridized carbons (Fsp3) is 0.548. The molecule has 0 aromatic heterocycles. The lowest BCUT2D eigenvalue weighted by Crippen LogP contribution is -2.43. The van der Waals surface area contributed by atoms with Crippen LogP contribution in [0.1, 0.15) is 97.2 Å². The van der Waals surface area contributed by atoms with Crippen LogP contribution in [-0.2, 0) is 6.42 Å². The van der Waals surface area contributed by atoms with E-state index in [-0.39, 0.29) is 17.9 Å². The Morgan fingerprint density at radius 2 is 1.59 bits per heavy atom. The second kappa shape index (κ2) is 17.7. The minimum atomic E-state index is -0.631. The van der Waals surface area contributed by atoms with E-state index in [1.165, 1.54) is 11.1 Å². The van der Waals surface area contributed by atoms with Gasteiger partial charge in [0.25, 0.3) is 11.8 Å². The van der Waals surface area contributed by atoms with Gasteiger partial charge in [0.15, 0.2) is 0 Å². The third-order valence-electron chi connectivity index (χ3n) is 6.28. The van der Waals surface area contributed by atoms with Gasteiger partial charge in [-0.2, -0.15) is 0 Å². The molecule has 2 amide bonds. The fourth-order valence-electron chi connectivity index (χ4n) is 4.26. The largest absolute Gasteiger partial charge is 0.391 e. The van der Waals surface area contributed by atoms with Gasteiger partial charge in [0.1, 0.15) is 0 Å². The van der Waals surface area contributed by atoms with Crippen LogP contribution in [0.3, 0.4) is 0 Å². The van der Waals surface area contributed by atoms with E-state index >= 15 is 0 Å². The summed E-state index contributed by atoms with van der Waals surface area (Å²) in [4.78, 5) is 27.5. The number of benzene rings is 2. The number of aryl methyl sites for hydroxylation is 3. The molecule has 6 heteroatoms. The van der Waals surface area contributed by atoms with Crippen molar-refractivity contribution in [3.8, 4) is 0 Å². The number of carbonyl (C=O) groups excluding carboxylic acids is 2. The number of aliphatic hydroxyl groups excluding tert-OH is 1. The molecule has 0 radical (unpaired) electrons. The smallest absolute Gasteiger partial charge is 0.253 e. The number of aliphatic hydroxyl groups is 1. The first-order valence-corrected chi connectivity index (χ1v) is 13.9. The summed E-state index contributed by atoms with van der Waals surface area (Å²) in [5.74, 6) is -0.314. The van der Waals surface area contributed by atoms with Crippen molar-refractivity contribution >= 4 is 11.8 Å². The normalized spacial score (nSPS) is 12.2. The van der Waals surface area contributed by atoms with Gasteiger partial charge < -0.3 is 21.1 Å². The van der Waals surface area contributed by atoms with E-state index < -0.39 is 6.10 Å². The maximum absolute atomic E-state index is 12.9. The first-order chi connectivity index (χ1) is 17.7. The summed E-state index contributed by atoms with van der Waals surface area (Å²) in [6.45, 7) is 14.1. The summed E-state index contributed by atoms with van der Waals surface area (Å²) in [6.07, 6.45) is 4.18. The number of nitrogens with one attached hydrogen (secondary N) is 1. The van der Waals surface area contributed by atoms with Crippen molar-refractivity contribution in [1.29, 1.82) is 0 Å². The minimum Gasteiger partial charge on any atom is -0.391 e. The quantitative estimate of drug-likeness (QED) is 0.334. The molecule has 0 aliphatic heterocycles. The van der Waals surface area contributed by atoms with Crippen molar-refractivity contribution < 1.29 is 14.7 Å². The summed E-state index contributed by atoms with van der Waals surface area (Å²) >= 11 is 0. The van der Waals surface area contributed by atoms with Crippen LogP contribution in [0.5, 0.6) is 0 Å². The van der Waals surface area contributed by atoms with Crippen LogP contribution in [0.15, 0.2) is 42.5 Å². The summed E-state index contributed by atoms with van der Waals surface area (Å²) in [7, 11) is 0. The van der Waals surface area contributed by atoms with Crippen LogP contribution >= 0.6 is 0 Å². The van der Waals surface area contributed by atoms with E-state index in [4.69, 9.17) is 5.73 Å². The Hall–Kier alpha value is -2.70. The van der Waals surface area contributed by atoms with Crippen LogP contribution in [0, 0.1) is 13.8 Å². The zero-order chi connectivity index (χ0) is 27.8. The molecular weight excluding hydrogens is 462 g/mol. The molecule has 0 heterocycles. The van der Waals surface area contributed by atoms with Crippen molar-refractivity contribution in [2.45, 2.75) is 92.2 Å². The second-order valence-electron chi connectivity index (χ2n) is 9.71. The molecule has 2 aromatic rings. The van der Waals surface area contributed by atoms with Crippen LogP contribution in [0.4, 0.5) is 0 Å². The van der Waals surface area contributed by atoms with Crippen molar-refractivity contribution in [2.75, 3.05) is 19.6 Å². The number of rotatable bonds is 13. The van der Waals surface area contributed by atoms with Crippen LogP contribution in [-0.4, -0.2) is 53.6 Å². The topological polar surface area (TPSA) is 95.7 Å². The lowest BCUT2D eigenvalue weighted by molar-refractivity contribution is 0.0755. The molecule has 206 valence electrons. The van der Waals surface area contributed by atoms with Gasteiger partial charge in [-0.1, -0.05) is 57.5 Å². The van der Waals surface area contributed by atoms with Crippen LogP contribution in [0.25, 0.3) is 0 Å². The molecule has 6 nitrogen and oxygen atoms in total. The number of nitrogens with two attached hydrogens (primary N) is 1. The molecule has 0 fully saturated rings. The van der Waals surface area contributed by atoms with Gasteiger partial charge in [0.05, 0.1) is 12.1 Å². The van der Waals surface area contributed by atoms with E-state index in [1.54, 1.807) is 12.1 Å². The Bertz CT molecular complexity index is 954. The highest BCUT2D eigenvalue weighted by atomic mass is 16.3. The third kappa shape index (κ3) is 11.5. The van der Waals surface area contributed by atoms with Gasteiger partial charge in [-0.05, 0) is 88.2 Å². The highest BCUT2D eigenvalue weighted by Crippen LogP contribution is 2.15. The maximum Gasteiger partial charge on any atom is 0.253 e. The number of nitrogens with zero attached hydrogens (tertiary/aromatic N) is 1. The molecule has 0 aliphatic rings. The number of hydrogen-bond donors (Lipinski definition) is 3. The van der Waals surface area contributed by atoms with Gasteiger partial charge in [-0.25, -0.2) is 0 Å². The van der Waals surface area contributed by atoms with Crippen LogP contribution < -0.4 is 11.1 Å². The Kier molecular flexibility index (Phi) is 15.5. The summed E-state index contributed by atoms with van der Waals surface area (Å²) in [6, 6.07) is 13.5. The van der Waals surface area contributed by atoms with E-state index in [0.717, 1.165) is 24.8 Å². The molecule has 2 aromatic carbocycles. The molecule has 0 saturated carbocycles. The van der Waals surface area contributed by atoms with Crippen molar-refractivity contribution in [1.82, 2.24) is 10.2 Å². The lowest BCUT2D eigenvalue weighted by atomic mass is 10.0. The number of hydrogen-bond acceptors (Lipinski definition) is 4. The predicted molar refractivity (Wildman–Crippen MR) is 154 cm³/mol. The molecular formula is C31H49N3O3. The van der Waals surface area contributed by atoms with E-state index in [0.29, 0.717) is 50.0 Å². The highest BCUT2D eigenvalue weighted by Gasteiger charge is 2.22. The third-order valence-corrected chi connectivity index (χ3v) is 6.28. The molecule has 0 spiro atoms. The average Bonchev–Trinajstić information content (AvgIpc) is 2.89. The van der Waals surface area contributed by atoms with E-state index in [9.17, 15) is 14.7 Å².